The molecule has 1 amide bonds. The van der Waals surface area contributed by atoms with E-state index in [0.717, 1.165) is 17.4 Å². The van der Waals surface area contributed by atoms with Crippen LogP contribution in [-0.2, 0) is 17.9 Å². The maximum absolute atomic E-state index is 11.8. The Morgan fingerprint density at radius 2 is 2.26 bits per heavy atom. The van der Waals surface area contributed by atoms with Gasteiger partial charge in [0.25, 0.3) is 0 Å². The van der Waals surface area contributed by atoms with Gasteiger partial charge in [0.15, 0.2) is 0 Å². The Balaban J connectivity index is 1.68. The number of amides is 1. The molecule has 0 aliphatic heterocycles. The monoisotopic (exact) mass is 384 g/mol. The molecule has 2 aromatic rings. The molecule has 2 heterocycles. The Morgan fingerprint density at radius 3 is 2.87 bits per heavy atom. The zero-order valence-corrected chi connectivity index (χ0v) is 14.2. The fourth-order valence-electron chi connectivity index (χ4n) is 2.03. The molecule has 0 saturated heterocycles. The molecule has 0 aliphatic rings. The fourth-order valence-corrected chi connectivity index (χ4v) is 2.36. The quantitative estimate of drug-likeness (QED) is 0.422. The van der Waals surface area contributed by atoms with E-state index in [1.54, 1.807) is 17.8 Å². The van der Waals surface area contributed by atoms with Crippen molar-refractivity contribution in [3.8, 4) is 0 Å². The van der Waals surface area contributed by atoms with Gasteiger partial charge >= 0.3 is 5.82 Å². The molecular weight excluding hydrogens is 368 g/mol. The maximum Gasteiger partial charge on any atom is 0.390 e. The van der Waals surface area contributed by atoms with Crippen LogP contribution in [0.25, 0.3) is 0 Å². The summed E-state index contributed by atoms with van der Waals surface area (Å²) in [6.45, 7) is 3.31. The van der Waals surface area contributed by atoms with E-state index < -0.39 is 4.92 Å². The van der Waals surface area contributed by atoms with Crippen LogP contribution in [0.4, 0.5) is 5.82 Å². The molecule has 0 atom stereocenters. The van der Waals surface area contributed by atoms with Gasteiger partial charge < -0.3 is 15.4 Å². The minimum Gasteiger partial charge on any atom is -0.358 e. The lowest BCUT2D eigenvalue weighted by Crippen LogP contribution is -2.26. The summed E-state index contributed by atoms with van der Waals surface area (Å²) in [5.74, 6) is -0.308. The molecule has 0 radical (unpaired) electrons. The summed E-state index contributed by atoms with van der Waals surface area (Å²) in [4.78, 5) is 21.9. The van der Waals surface area contributed by atoms with E-state index in [1.807, 2.05) is 6.20 Å². The van der Waals surface area contributed by atoms with E-state index in [2.05, 4.69) is 31.4 Å². The predicted molar refractivity (Wildman–Crippen MR) is 85.8 cm³/mol. The molecule has 0 aliphatic carbocycles. The van der Waals surface area contributed by atoms with Gasteiger partial charge in [-0.05, 0) is 34.2 Å². The third-order valence-corrected chi connectivity index (χ3v) is 3.60. The van der Waals surface area contributed by atoms with Crippen molar-refractivity contribution in [1.29, 1.82) is 0 Å². The average molecular weight is 385 g/mol. The number of nitro groups is 1. The van der Waals surface area contributed by atoms with E-state index in [0.29, 0.717) is 18.8 Å². The van der Waals surface area contributed by atoms with Gasteiger partial charge in [-0.1, -0.05) is 0 Å². The van der Waals surface area contributed by atoms with Crippen LogP contribution in [0.2, 0.25) is 0 Å². The highest BCUT2D eigenvalue weighted by Gasteiger charge is 2.15. The van der Waals surface area contributed by atoms with E-state index in [-0.39, 0.29) is 18.1 Å². The molecule has 0 aromatic carbocycles. The molecule has 2 rings (SSSR count). The molecule has 23 heavy (non-hydrogen) atoms. The van der Waals surface area contributed by atoms with Gasteiger partial charge in [0.1, 0.15) is 0 Å². The molecule has 1 N–H and O–H groups in total. The van der Waals surface area contributed by atoms with E-state index in [4.69, 9.17) is 0 Å². The third-order valence-electron chi connectivity index (χ3n) is 3.19. The standard InChI is InChI=1S/C13H17BrN6O3/c1-10-7-12(20(22)23)17-19(10)6-3-13(21)15-4-2-5-18-9-11(14)8-16-18/h7-9H,2-6H2,1H3,(H,15,21). The molecule has 2 aromatic heterocycles. The Bertz CT molecular complexity index is 696. The Morgan fingerprint density at radius 1 is 1.48 bits per heavy atom. The molecule has 124 valence electrons. The number of aryl methyl sites for hydroxylation is 3. The Labute approximate surface area is 140 Å². The van der Waals surface area contributed by atoms with Crippen molar-refractivity contribution in [3.05, 3.63) is 38.7 Å². The van der Waals surface area contributed by atoms with Gasteiger partial charge in [-0.3, -0.25) is 9.48 Å². The summed E-state index contributed by atoms with van der Waals surface area (Å²) in [5.41, 5.74) is 0.661. The Hall–Kier alpha value is -2.23. The van der Waals surface area contributed by atoms with Crippen LogP contribution in [0.5, 0.6) is 0 Å². The summed E-state index contributed by atoms with van der Waals surface area (Å²) in [6.07, 6.45) is 4.58. The molecular formula is C13H17BrN6O3. The average Bonchev–Trinajstić information content (AvgIpc) is 3.07. The van der Waals surface area contributed by atoms with E-state index in [9.17, 15) is 14.9 Å². The highest BCUT2D eigenvalue weighted by Crippen LogP contribution is 2.11. The smallest absolute Gasteiger partial charge is 0.358 e. The van der Waals surface area contributed by atoms with Crippen molar-refractivity contribution >= 4 is 27.7 Å². The normalized spacial score (nSPS) is 10.7. The number of nitrogens with zero attached hydrogens (tertiary/aromatic N) is 5. The van der Waals surface area contributed by atoms with Crippen molar-refractivity contribution in [2.75, 3.05) is 6.54 Å². The van der Waals surface area contributed by atoms with Gasteiger partial charge in [-0.25, -0.2) is 0 Å². The van der Waals surface area contributed by atoms with Gasteiger partial charge in [-0.15, -0.1) is 0 Å². The van der Waals surface area contributed by atoms with Crippen LogP contribution in [0.15, 0.2) is 22.9 Å². The highest BCUT2D eigenvalue weighted by atomic mass is 79.9. The van der Waals surface area contributed by atoms with Gasteiger partial charge in [0.05, 0.1) is 34.1 Å². The van der Waals surface area contributed by atoms with Crippen LogP contribution >= 0.6 is 15.9 Å². The second kappa shape index (κ2) is 7.86. The van der Waals surface area contributed by atoms with Gasteiger partial charge in [-0.2, -0.15) is 9.78 Å². The van der Waals surface area contributed by atoms with Crippen molar-refractivity contribution in [1.82, 2.24) is 24.9 Å². The van der Waals surface area contributed by atoms with E-state index >= 15 is 0 Å². The molecule has 0 bridgehead atoms. The summed E-state index contributed by atoms with van der Waals surface area (Å²) in [5, 5.41) is 21.4. The predicted octanol–water partition coefficient (Wildman–Crippen LogP) is 1.66. The molecule has 0 saturated carbocycles. The van der Waals surface area contributed by atoms with Crippen LogP contribution in [0.1, 0.15) is 18.5 Å². The zero-order chi connectivity index (χ0) is 16.8. The van der Waals surface area contributed by atoms with Crippen LogP contribution in [0, 0.1) is 17.0 Å². The second-order valence-electron chi connectivity index (χ2n) is 5.00. The number of carbonyl (C=O) groups is 1. The lowest BCUT2D eigenvalue weighted by atomic mass is 10.3. The van der Waals surface area contributed by atoms with Crippen LogP contribution in [0.3, 0.4) is 0 Å². The maximum atomic E-state index is 11.8. The highest BCUT2D eigenvalue weighted by molar-refractivity contribution is 9.10. The number of carbonyl (C=O) groups excluding carboxylic acids is 1. The number of hydrogen-bond acceptors (Lipinski definition) is 5. The molecule has 10 heteroatoms. The van der Waals surface area contributed by atoms with Crippen molar-refractivity contribution in [3.63, 3.8) is 0 Å². The summed E-state index contributed by atoms with van der Waals surface area (Å²) >= 11 is 3.32. The summed E-state index contributed by atoms with van der Waals surface area (Å²) in [6, 6.07) is 1.39. The Kier molecular flexibility index (Phi) is 5.85. The summed E-state index contributed by atoms with van der Waals surface area (Å²) < 4.78 is 4.19. The fraction of sp³-hybridized carbons (Fsp3) is 0.462. The first kappa shape index (κ1) is 17.1. The van der Waals surface area contributed by atoms with E-state index in [1.165, 1.54) is 10.7 Å². The first-order valence-electron chi connectivity index (χ1n) is 7.09. The van der Waals surface area contributed by atoms with Crippen LogP contribution < -0.4 is 5.32 Å². The molecule has 0 spiro atoms. The second-order valence-corrected chi connectivity index (χ2v) is 5.91. The topological polar surface area (TPSA) is 108 Å². The minimum absolute atomic E-state index is 0.107. The van der Waals surface area contributed by atoms with Crippen molar-refractivity contribution in [2.45, 2.75) is 32.9 Å². The molecule has 0 unspecified atom stereocenters. The number of rotatable bonds is 8. The minimum atomic E-state index is -0.544. The molecule has 0 fully saturated rings. The lowest BCUT2D eigenvalue weighted by Gasteiger charge is -2.05. The number of aromatic nitrogens is 4. The SMILES string of the molecule is Cc1cc([N+](=O)[O-])nn1CCC(=O)NCCCn1cc(Br)cn1. The van der Waals surface area contributed by atoms with Crippen molar-refractivity contribution < 1.29 is 9.72 Å². The lowest BCUT2D eigenvalue weighted by molar-refractivity contribution is -0.389. The largest absolute Gasteiger partial charge is 0.390 e. The van der Waals surface area contributed by atoms with Gasteiger partial charge in [0, 0.05) is 25.7 Å². The summed E-state index contributed by atoms with van der Waals surface area (Å²) in [7, 11) is 0. The number of hydrogen-bond donors (Lipinski definition) is 1. The zero-order valence-electron chi connectivity index (χ0n) is 12.6. The third kappa shape index (κ3) is 5.16. The van der Waals surface area contributed by atoms with Crippen molar-refractivity contribution in [2.24, 2.45) is 0 Å². The first-order chi connectivity index (χ1) is 11.0. The first-order valence-corrected chi connectivity index (χ1v) is 7.88. The molecule has 9 nitrogen and oxygen atoms in total. The van der Waals surface area contributed by atoms with Crippen LogP contribution in [-0.4, -0.2) is 36.9 Å². The number of nitrogens with one attached hydrogen (secondary N) is 1. The number of halogens is 1. The van der Waals surface area contributed by atoms with Gasteiger partial charge in [0.2, 0.25) is 5.91 Å².